The number of anilines is 1. The minimum atomic E-state index is -3.87. The minimum absolute atomic E-state index is 0.222. The zero-order valence-corrected chi connectivity index (χ0v) is 12.0. The van der Waals surface area contributed by atoms with Crippen LogP contribution in [0, 0.1) is 11.7 Å². The molecule has 5 nitrogen and oxygen atoms in total. The van der Waals surface area contributed by atoms with E-state index in [4.69, 9.17) is 10.9 Å². The van der Waals surface area contributed by atoms with Gasteiger partial charge in [0.2, 0.25) is 10.0 Å². The third-order valence-electron chi connectivity index (χ3n) is 3.67. The van der Waals surface area contributed by atoms with Gasteiger partial charge in [-0.1, -0.05) is 6.42 Å². The van der Waals surface area contributed by atoms with Crippen molar-refractivity contribution in [1.29, 1.82) is 0 Å². The summed E-state index contributed by atoms with van der Waals surface area (Å²) in [7, 11) is -3.87. The SMILES string of the molecule is NC1CCCC(CNc2ccc(S(N)(=O)=O)cc2F)C1. The summed E-state index contributed by atoms with van der Waals surface area (Å²) in [5, 5.41) is 7.97. The Bertz CT molecular complexity index is 577. The summed E-state index contributed by atoms with van der Waals surface area (Å²) in [6.07, 6.45) is 4.16. The van der Waals surface area contributed by atoms with Crippen molar-refractivity contribution in [2.24, 2.45) is 16.8 Å². The summed E-state index contributed by atoms with van der Waals surface area (Å²) < 4.78 is 36.0. The molecule has 20 heavy (non-hydrogen) atoms. The molecule has 0 spiro atoms. The maximum atomic E-state index is 13.8. The molecule has 0 aromatic heterocycles. The highest BCUT2D eigenvalue weighted by Crippen LogP contribution is 2.24. The first-order valence-electron chi connectivity index (χ1n) is 6.68. The molecule has 2 unspecified atom stereocenters. The van der Waals surface area contributed by atoms with E-state index in [2.05, 4.69) is 5.32 Å². The molecule has 1 saturated carbocycles. The molecule has 5 N–H and O–H groups in total. The molecular weight excluding hydrogens is 281 g/mol. The minimum Gasteiger partial charge on any atom is -0.382 e. The number of hydrogen-bond donors (Lipinski definition) is 3. The van der Waals surface area contributed by atoms with Crippen LogP contribution < -0.4 is 16.2 Å². The number of benzene rings is 1. The fourth-order valence-corrected chi connectivity index (χ4v) is 3.11. The van der Waals surface area contributed by atoms with Crippen molar-refractivity contribution in [3.8, 4) is 0 Å². The summed E-state index contributed by atoms with van der Waals surface area (Å²) in [5.41, 5.74) is 6.20. The van der Waals surface area contributed by atoms with Gasteiger partial charge in [-0.15, -0.1) is 0 Å². The van der Waals surface area contributed by atoms with E-state index >= 15 is 0 Å². The molecule has 1 aliphatic carbocycles. The van der Waals surface area contributed by atoms with Crippen molar-refractivity contribution >= 4 is 15.7 Å². The molecule has 0 radical (unpaired) electrons. The van der Waals surface area contributed by atoms with Gasteiger partial charge in [0, 0.05) is 12.6 Å². The molecule has 1 fully saturated rings. The van der Waals surface area contributed by atoms with Crippen LogP contribution in [0.25, 0.3) is 0 Å². The van der Waals surface area contributed by atoms with Crippen molar-refractivity contribution in [1.82, 2.24) is 0 Å². The summed E-state index contributed by atoms with van der Waals surface area (Å²) in [6.45, 7) is 0.638. The molecule has 1 aliphatic rings. The van der Waals surface area contributed by atoms with E-state index in [1.807, 2.05) is 0 Å². The first-order valence-corrected chi connectivity index (χ1v) is 8.22. The topological polar surface area (TPSA) is 98.2 Å². The van der Waals surface area contributed by atoms with Crippen LogP contribution in [0.1, 0.15) is 25.7 Å². The Labute approximate surface area is 118 Å². The summed E-state index contributed by atoms with van der Waals surface area (Å²) in [5.74, 6) is -0.187. The lowest BCUT2D eigenvalue weighted by Crippen LogP contribution is -2.31. The van der Waals surface area contributed by atoms with Crippen molar-refractivity contribution in [3.63, 3.8) is 0 Å². The van der Waals surface area contributed by atoms with Gasteiger partial charge < -0.3 is 11.1 Å². The van der Waals surface area contributed by atoms with E-state index in [0.717, 1.165) is 31.7 Å². The molecule has 1 aromatic rings. The third-order valence-corrected chi connectivity index (χ3v) is 4.58. The summed E-state index contributed by atoms with van der Waals surface area (Å²) in [4.78, 5) is -0.222. The molecular formula is C13H20FN3O2S. The lowest BCUT2D eigenvalue weighted by Gasteiger charge is -2.27. The fourth-order valence-electron chi connectivity index (χ4n) is 2.59. The van der Waals surface area contributed by atoms with Crippen LogP contribution in [-0.2, 0) is 10.0 Å². The van der Waals surface area contributed by atoms with Crippen molar-refractivity contribution in [3.05, 3.63) is 24.0 Å². The predicted molar refractivity (Wildman–Crippen MR) is 76.2 cm³/mol. The summed E-state index contributed by atoms with van der Waals surface area (Å²) in [6, 6.07) is 3.86. The number of sulfonamides is 1. The highest BCUT2D eigenvalue weighted by molar-refractivity contribution is 7.89. The van der Waals surface area contributed by atoms with Crippen LogP contribution in [0.5, 0.6) is 0 Å². The average Bonchev–Trinajstić information content (AvgIpc) is 2.36. The van der Waals surface area contributed by atoms with Crippen LogP contribution in [0.15, 0.2) is 23.1 Å². The maximum absolute atomic E-state index is 13.8. The van der Waals surface area contributed by atoms with Crippen LogP contribution in [-0.4, -0.2) is 21.0 Å². The van der Waals surface area contributed by atoms with Crippen LogP contribution in [0.2, 0.25) is 0 Å². The lowest BCUT2D eigenvalue weighted by atomic mass is 9.86. The predicted octanol–water partition coefficient (Wildman–Crippen LogP) is 1.40. The van der Waals surface area contributed by atoms with Gasteiger partial charge in [0.25, 0.3) is 0 Å². The smallest absolute Gasteiger partial charge is 0.238 e. The molecule has 2 atom stereocenters. The van der Waals surface area contributed by atoms with Crippen molar-refractivity contribution in [2.75, 3.05) is 11.9 Å². The Balaban J connectivity index is 2.00. The van der Waals surface area contributed by atoms with Crippen LogP contribution >= 0.6 is 0 Å². The molecule has 0 amide bonds. The molecule has 2 rings (SSSR count). The highest BCUT2D eigenvalue weighted by Gasteiger charge is 2.19. The number of hydrogen-bond acceptors (Lipinski definition) is 4. The number of rotatable bonds is 4. The van der Waals surface area contributed by atoms with Crippen molar-refractivity contribution < 1.29 is 12.8 Å². The second-order valence-corrected chi connectivity index (χ2v) is 6.92. The van der Waals surface area contributed by atoms with Crippen LogP contribution in [0.4, 0.5) is 10.1 Å². The van der Waals surface area contributed by atoms with Crippen LogP contribution in [0.3, 0.4) is 0 Å². The standard InChI is InChI=1S/C13H20FN3O2S/c14-12-7-11(20(16,18)19)4-5-13(12)17-8-9-2-1-3-10(15)6-9/h4-5,7,9-10,17H,1-3,6,8,15H2,(H2,16,18,19). The third kappa shape index (κ3) is 3.91. The number of halogens is 1. The Morgan fingerprint density at radius 1 is 1.35 bits per heavy atom. The Kier molecular flexibility index (Phi) is 4.62. The van der Waals surface area contributed by atoms with Gasteiger partial charge in [-0.3, -0.25) is 0 Å². The fraction of sp³-hybridized carbons (Fsp3) is 0.538. The number of nitrogens with one attached hydrogen (secondary N) is 1. The maximum Gasteiger partial charge on any atom is 0.238 e. The lowest BCUT2D eigenvalue weighted by molar-refractivity contribution is 0.334. The second-order valence-electron chi connectivity index (χ2n) is 5.36. The average molecular weight is 301 g/mol. The van der Waals surface area contributed by atoms with E-state index in [0.29, 0.717) is 12.5 Å². The molecule has 7 heteroatoms. The van der Waals surface area contributed by atoms with Gasteiger partial charge in [-0.2, -0.15) is 0 Å². The first kappa shape index (κ1) is 15.2. The van der Waals surface area contributed by atoms with E-state index in [9.17, 15) is 12.8 Å². The summed E-state index contributed by atoms with van der Waals surface area (Å²) >= 11 is 0. The zero-order chi connectivity index (χ0) is 14.8. The van der Waals surface area contributed by atoms with Gasteiger partial charge in [0.05, 0.1) is 10.6 Å². The molecule has 0 aliphatic heterocycles. The molecule has 112 valence electrons. The molecule has 1 aromatic carbocycles. The molecule has 0 saturated heterocycles. The normalized spacial score (nSPS) is 23.6. The Morgan fingerprint density at radius 2 is 2.10 bits per heavy atom. The first-order chi connectivity index (χ1) is 9.36. The molecule has 0 heterocycles. The zero-order valence-electron chi connectivity index (χ0n) is 11.2. The Morgan fingerprint density at radius 3 is 2.70 bits per heavy atom. The van der Waals surface area contributed by atoms with Crippen molar-refractivity contribution in [2.45, 2.75) is 36.6 Å². The van der Waals surface area contributed by atoms with Gasteiger partial charge in [0.1, 0.15) is 5.82 Å². The van der Waals surface area contributed by atoms with Gasteiger partial charge >= 0.3 is 0 Å². The van der Waals surface area contributed by atoms with E-state index < -0.39 is 15.8 Å². The number of primary sulfonamides is 1. The van der Waals surface area contributed by atoms with E-state index in [1.54, 1.807) is 0 Å². The highest BCUT2D eigenvalue weighted by atomic mass is 32.2. The van der Waals surface area contributed by atoms with E-state index in [-0.39, 0.29) is 16.6 Å². The molecule has 0 bridgehead atoms. The largest absolute Gasteiger partial charge is 0.382 e. The monoisotopic (exact) mass is 301 g/mol. The quantitative estimate of drug-likeness (QED) is 0.783. The Hall–Kier alpha value is -1.18. The van der Waals surface area contributed by atoms with E-state index in [1.165, 1.54) is 12.1 Å². The second kappa shape index (κ2) is 6.07. The number of nitrogens with two attached hydrogens (primary N) is 2. The van der Waals surface area contributed by atoms with Gasteiger partial charge in [-0.05, 0) is 43.4 Å². The van der Waals surface area contributed by atoms with Gasteiger partial charge in [0.15, 0.2) is 0 Å². The van der Waals surface area contributed by atoms with Gasteiger partial charge in [-0.25, -0.2) is 17.9 Å².